The molecule has 1 aromatic carbocycles. The van der Waals surface area contributed by atoms with Gasteiger partial charge in [-0.3, -0.25) is 4.90 Å². The fourth-order valence-electron chi connectivity index (χ4n) is 3.29. The average molecular weight is 349 g/mol. The van der Waals surface area contributed by atoms with Gasteiger partial charge >= 0.3 is 0 Å². The molecule has 2 N–H and O–H groups in total. The summed E-state index contributed by atoms with van der Waals surface area (Å²) in [4.78, 5) is 2.39. The molecule has 0 aliphatic heterocycles. The van der Waals surface area contributed by atoms with Crippen LogP contribution in [0.4, 0.5) is 0 Å². The molecule has 0 spiro atoms. The van der Waals surface area contributed by atoms with Crippen LogP contribution in [0.3, 0.4) is 0 Å². The Labute approximate surface area is 134 Å². The first-order valence-corrected chi connectivity index (χ1v) is 8.12. The van der Waals surface area contributed by atoms with E-state index < -0.39 is 0 Å². The monoisotopic (exact) mass is 348 g/mol. The lowest BCUT2D eigenvalue weighted by Gasteiger charge is -2.44. The van der Waals surface area contributed by atoms with E-state index >= 15 is 0 Å². The standard InChI is InChI=1S/C17H21BrN2O/c1-20(10-13-5-7-21-11-13)17(12-19)6-4-14-8-16(18)3-2-15(14)9-17/h2-3,5,7-8,11H,4,6,9-10,12,19H2,1H3. The van der Waals surface area contributed by atoms with Crippen LogP contribution in [-0.2, 0) is 19.4 Å². The highest BCUT2D eigenvalue weighted by Crippen LogP contribution is 2.34. The van der Waals surface area contributed by atoms with Crippen LogP contribution >= 0.6 is 15.9 Å². The third kappa shape index (κ3) is 2.93. The van der Waals surface area contributed by atoms with E-state index in [1.54, 1.807) is 6.26 Å². The van der Waals surface area contributed by atoms with Crippen LogP contribution < -0.4 is 5.73 Å². The maximum Gasteiger partial charge on any atom is 0.0947 e. The Kier molecular flexibility index (Phi) is 4.20. The number of hydrogen-bond donors (Lipinski definition) is 1. The van der Waals surface area contributed by atoms with E-state index in [0.717, 1.165) is 30.3 Å². The highest BCUT2D eigenvalue weighted by Gasteiger charge is 2.36. The number of halogens is 1. The molecule has 2 aromatic rings. The molecule has 21 heavy (non-hydrogen) atoms. The number of furan rings is 1. The van der Waals surface area contributed by atoms with E-state index in [2.05, 4.69) is 46.1 Å². The number of benzene rings is 1. The van der Waals surface area contributed by atoms with Crippen LogP contribution in [0.2, 0.25) is 0 Å². The van der Waals surface area contributed by atoms with Crippen molar-refractivity contribution < 1.29 is 4.42 Å². The van der Waals surface area contributed by atoms with Gasteiger partial charge in [0.1, 0.15) is 0 Å². The van der Waals surface area contributed by atoms with Crippen LogP contribution in [0.15, 0.2) is 45.7 Å². The predicted molar refractivity (Wildman–Crippen MR) is 88.1 cm³/mol. The summed E-state index contributed by atoms with van der Waals surface area (Å²) in [6.07, 6.45) is 6.74. The van der Waals surface area contributed by atoms with Crippen LogP contribution in [0.1, 0.15) is 23.1 Å². The van der Waals surface area contributed by atoms with Gasteiger partial charge in [0, 0.05) is 28.7 Å². The molecule has 1 atom stereocenters. The van der Waals surface area contributed by atoms with Gasteiger partial charge in [-0.05, 0) is 55.6 Å². The minimum atomic E-state index is 0.0398. The Morgan fingerprint density at radius 3 is 2.90 bits per heavy atom. The summed E-state index contributed by atoms with van der Waals surface area (Å²) in [5.74, 6) is 0. The number of aryl methyl sites for hydroxylation is 1. The van der Waals surface area contributed by atoms with E-state index in [-0.39, 0.29) is 5.54 Å². The molecule has 0 saturated carbocycles. The second-order valence-corrected chi connectivity index (χ2v) is 6.92. The lowest BCUT2D eigenvalue weighted by atomic mass is 9.77. The molecule has 0 saturated heterocycles. The van der Waals surface area contributed by atoms with Gasteiger partial charge < -0.3 is 10.2 Å². The number of likely N-dealkylation sites (N-methyl/N-ethyl adjacent to an activating group) is 1. The van der Waals surface area contributed by atoms with Crippen molar-refractivity contribution in [3.05, 3.63) is 58.0 Å². The second kappa shape index (κ2) is 5.95. The molecule has 1 aliphatic carbocycles. The molecule has 112 valence electrons. The first-order valence-electron chi connectivity index (χ1n) is 7.33. The van der Waals surface area contributed by atoms with Gasteiger partial charge in [0.2, 0.25) is 0 Å². The maximum atomic E-state index is 6.18. The molecule has 1 aromatic heterocycles. The molecule has 0 radical (unpaired) electrons. The fourth-order valence-corrected chi connectivity index (χ4v) is 3.70. The van der Waals surface area contributed by atoms with Crippen LogP contribution in [0, 0.1) is 0 Å². The smallest absolute Gasteiger partial charge is 0.0947 e. The minimum absolute atomic E-state index is 0.0398. The first kappa shape index (κ1) is 14.8. The van der Waals surface area contributed by atoms with E-state index in [0.29, 0.717) is 6.54 Å². The molecule has 4 heteroatoms. The van der Waals surface area contributed by atoms with Gasteiger partial charge in [-0.25, -0.2) is 0 Å². The van der Waals surface area contributed by atoms with Crippen LogP contribution in [0.25, 0.3) is 0 Å². The normalized spacial score (nSPS) is 21.5. The summed E-state index contributed by atoms with van der Waals surface area (Å²) < 4.78 is 6.34. The van der Waals surface area contributed by atoms with Crippen molar-refractivity contribution in [2.24, 2.45) is 5.73 Å². The minimum Gasteiger partial charge on any atom is -0.472 e. The zero-order chi connectivity index (χ0) is 14.9. The molecule has 0 fully saturated rings. The van der Waals surface area contributed by atoms with Crippen LogP contribution in [-0.4, -0.2) is 24.0 Å². The Morgan fingerprint density at radius 2 is 2.19 bits per heavy atom. The summed E-state index contributed by atoms with van der Waals surface area (Å²) in [7, 11) is 2.17. The topological polar surface area (TPSA) is 42.4 Å². The highest BCUT2D eigenvalue weighted by atomic mass is 79.9. The molecular weight excluding hydrogens is 328 g/mol. The number of nitrogens with two attached hydrogens (primary N) is 1. The summed E-state index contributed by atoms with van der Waals surface area (Å²) in [5.41, 5.74) is 10.3. The van der Waals surface area contributed by atoms with E-state index in [1.807, 2.05) is 12.3 Å². The zero-order valence-corrected chi connectivity index (χ0v) is 13.9. The number of hydrogen-bond acceptors (Lipinski definition) is 3. The third-order valence-electron chi connectivity index (χ3n) is 4.74. The summed E-state index contributed by atoms with van der Waals surface area (Å²) >= 11 is 3.56. The largest absolute Gasteiger partial charge is 0.472 e. The van der Waals surface area contributed by atoms with Crippen molar-refractivity contribution in [1.82, 2.24) is 4.90 Å². The van der Waals surface area contributed by atoms with Gasteiger partial charge in [-0.15, -0.1) is 0 Å². The molecule has 1 unspecified atom stereocenters. The summed E-state index contributed by atoms with van der Waals surface area (Å²) in [5, 5.41) is 0. The third-order valence-corrected chi connectivity index (χ3v) is 5.23. The molecule has 3 rings (SSSR count). The van der Waals surface area contributed by atoms with E-state index in [1.165, 1.54) is 16.7 Å². The summed E-state index contributed by atoms with van der Waals surface area (Å²) in [6, 6.07) is 8.62. The fraction of sp³-hybridized carbons (Fsp3) is 0.412. The Morgan fingerprint density at radius 1 is 1.33 bits per heavy atom. The molecule has 1 heterocycles. The van der Waals surface area contributed by atoms with Gasteiger partial charge in [0.15, 0.2) is 0 Å². The van der Waals surface area contributed by atoms with Gasteiger partial charge in [-0.2, -0.15) is 0 Å². The Bertz CT molecular complexity index is 611. The van der Waals surface area contributed by atoms with Crippen molar-refractivity contribution in [1.29, 1.82) is 0 Å². The first-order chi connectivity index (χ1) is 10.1. The van der Waals surface area contributed by atoms with Crippen LogP contribution in [0.5, 0.6) is 0 Å². The van der Waals surface area contributed by atoms with Gasteiger partial charge in [0.25, 0.3) is 0 Å². The van der Waals surface area contributed by atoms with Gasteiger partial charge in [0.05, 0.1) is 12.5 Å². The van der Waals surface area contributed by atoms with Crippen molar-refractivity contribution in [2.75, 3.05) is 13.6 Å². The quantitative estimate of drug-likeness (QED) is 0.920. The number of rotatable bonds is 4. The van der Waals surface area contributed by atoms with E-state index in [4.69, 9.17) is 10.2 Å². The number of nitrogens with zero attached hydrogens (tertiary/aromatic N) is 1. The van der Waals surface area contributed by atoms with E-state index in [9.17, 15) is 0 Å². The van der Waals surface area contributed by atoms with Crippen molar-refractivity contribution in [2.45, 2.75) is 31.3 Å². The van der Waals surface area contributed by atoms with Crippen molar-refractivity contribution in [3.63, 3.8) is 0 Å². The average Bonchev–Trinajstić information content (AvgIpc) is 2.99. The Hall–Kier alpha value is -1.10. The maximum absolute atomic E-state index is 6.18. The second-order valence-electron chi connectivity index (χ2n) is 6.01. The molecular formula is C17H21BrN2O. The molecule has 0 amide bonds. The summed E-state index contributed by atoms with van der Waals surface area (Å²) in [6.45, 7) is 1.55. The predicted octanol–water partition coefficient (Wildman–Crippen LogP) is 3.36. The molecule has 3 nitrogen and oxygen atoms in total. The highest BCUT2D eigenvalue weighted by molar-refractivity contribution is 9.10. The lowest BCUT2D eigenvalue weighted by molar-refractivity contribution is 0.101. The lowest BCUT2D eigenvalue weighted by Crippen LogP contribution is -2.55. The number of fused-ring (bicyclic) bond motifs is 1. The Balaban J connectivity index is 1.83. The SMILES string of the molecule is CN(Cc1ccoc1)C1(CN)CCc2cc(Br)ccc2C1. The van der Waals surface area contributed by atoms with Gasteiger partial charge in [-0.1, -0.05) is 22.0 Å². The molecule has 1 aliphatic rings. The van der Waals surface area contributed by atoms with Crippen molar-refractivity contribution in [3.8, 4) is 0 Å². The van der Waals surface area contributed by atoms with Crippen molar-refractivity contribution >= 4 is 15.9 Å². The zero-order valence-electron chi connectivity index (χ0n) is 12.3. The molecule has 0 bridgehead atoms.